The average molecular weight is 375 g/mol. The Morgan fingerprint density at radius 2 is 1.96 bits per heavy atom. The number of benzene rings is 2. The number of amides is 1. The molecule has 3 rings (SSSR count). The maximum Gasteiger partial charge on any atom is 0.270 e. The smallest absolute Gasteiger partial charge is 0.270 e. The average Bonchev–Trinajstić information content (AvgIpc) is 3.00. The standard InChI is InChI=1S/C17H17N3O5S/c1-12-7-8-15(20(22)23)11-16(12)26(24,25)18-13-4-2-5-14(10-13)19-9-3-6-17(19)21/h2,4-5,7-8,10-11,18H,3,6,9H2,1H3. The number of nitro benzene ring substituents is 1. The molecular formula is C17H17N3O5S. The Morgan fingerprint density at radius 3 is 2.62 bits per heavy atom. The third kappa shape index (κ3) is 3.52. The quantitative estimate of drug-likeness (QED) is 0.638. The van der Waals surface area contributed by atoms with E-state index in [4.69, 9.17) is 0 Å². The summed E-state index contributed by atoms with van der Waals surface area (Å²) in [4.78, 5) is 23.6. The van der Waals surface area contributed by atoms with Crippen LogP contribution in [-0.4, -0.2) is 25.8 Å². The summed E-state index contributed by atoms with van der Waals surface area (Å²) < 4.78 is 27.8. The lowest BCUT2D eigenvalue weighted by Gasteiger charge is -2.17. The van der Waals surface area contributed by atoms with Crippen LogP contribution < -0.4 is 9.62 Å². The summed E-state index contributed by atoms with van der Waals surface area (Å²) in [5.41, 5.74) is 0.998. The van der Waals surface area contributed by atoms with Crippen LogP contribution in [0.3, 0.4) is 0 Å². The van der Waals surface area contributed by atoms with E-state index in [1.807, 2.05) is 0 Å². The van der Waals surface area contributed by atoms with Crippen molar-refractivity contribution >= 4 is 33.0 Å². The van der Waals surface area contributed by atoms with E-state index in [0.717, 1.165) is 12.5 Å². The molecule has 136 valence electrons. The Balaban J connectivity index is 1.92. The van der Waals surface area contributed by atoms with Crippen LogP contribution in [0.25, 0.3) is 0 Å². The first-order chi connectivity index (χ1) is 12.3. The summed E-state index contributed by atoms with van der Waals surface area (Å²) in [7, 11) is -4.01. The van der Waals surface area contributed by atoms with Gasteiger partial charge in [-0.05, 0) is 37.1 Å². The van der Waals surface area contributed by atoms with E-state index < -0.39 is 14.9 Å². The second-order valence-electron chi connectivity index (χ2n) is 6.01. The number of nitrogens with zero attached hydrogens (tertiary/aromatic N) is 2. The molecule has 1 saturated heterocycles. The third-order valence-electron chi connectivity index (χ3n) is 4.16. The molecule has 0 radical (unpaired) electrons. The monoisotopic (exact) mass is 375 g/mol. The van der Waals surface area contributed by atoms with Gasteiger partial charge in [-0.25, -0.2) is 8.42 Å². The molecule has 2 aromatic rings. The maximum absolute atomic E-state index is 12.7. The molecular weight excluding hydrogens is 358 g/mol. The molecule has 0 aromatic heterocycles. The van der Waals surface area contributed by atoms with Crippen LogP contribution in [0.5, 0.6) is 0 Å². The molecule has 9 heteroatoms. The largest absolute Gasteiger partial charge is 0.312 e. The Bertz CT molecular complexity index is 988. The number of nitrogens with one attached hydrogen (secondary N) is 1. The fourth-order valence-electron chi connectivity index (χ4n) is 2.86. The first-order valence-electron chi connectivity index (χ1n) is 7.96. The van der Waals surface area contributed by atoms with Gasteiger partial charge in [-0.1, -0.05) is 12.1 Å². The molecule has 0 spiro atoms. The van der Waals surface area contributed by atoms with E-state index in [2.05, 4.69) is 4.72 Å². The van der Waals surface area contributed by atoms with E-state index in [-0.39, 0.29) is 22.2 Å². The summed E-state index contributed by atoms with van der Waals surface area (Å²) in [5.74, 6) is -0.000430. The van der Waals surface area contributed by atoms with Crippen molar-refractivity contribution in [2.45, 2.75) is 24.7 Å². The van der Waals surface area contributed by atoms with Crippen molar-refractivity contribution in [1.82, 2.24) is 0 Å². The van der Waals surface area contributed by atoms with Crippen LogP contribution in [0.2, 0.25) is 0 Å². The number of non-ortho nitro benzene ring substituents is 1. The Labute approximate surface area is 150 Å². The second-order valence-corrected chi connectivity index (χ2v) is 7.66. The first-order valence-corrected chi connectivity index (χ1v) is 9.44. The van der Waals surface area contributed by atoms with Gasteiger partial charge in [-0.15, -0.1) is 0 Å². The number of aryl methyl sites for hydroxylation is 1. The normalized spacial score (nSPS) is 14.5. The minimum atomic E-state index is -4.01. The van der Waals surface area contributed by atoms with Gasteiger partial charge in [0.15, 0.2) is 0 Å². The lowest BCUT2D eigenvalue weighted by Crippen LogP contribution is -2.23. The van der Waals surface area contributed by atoms with Crippen molar-refractivity contribution in [3.05, 3.63) is 58.1 Å². The zero-order valence-corrected chi connectivity index (χ0v) is 14.8. The lowest BCUT2D eigenvalue weighted by molar-refractivity contribution is -0.385. The number of sulfonamides is 1. The summed E-state index contributed by atoms with van der Waals surface area (Å²) >= 11 is 0. The van der Waals surface area contributed by atoms with Crippen molar-refractivity contribution in [2.24, 2.45) is 0 Å². The molecule has 0 bridgehead atoms. The van der Waals surface area contributed by atoms with Gasteiger partial charge in [-0.3, -0.25) is 19.6 Å². The van der Waals surface area contributed by atoms with Crippen molar-refractivity contribution in [3.8, 4) is 0 Å². The minimum Gasteiger partial charge on any atom is -0.312 e. The molecule has 1 fully saturated rings. The van der Waals surface area contributed by atoms with E-state index in [9.17, 15) is 23.3 Å². The third-order valence-corrected chi connectivity index (χ3v) is 5.68. The predicted octanol–water partition coefficient (Wildman–Crippen LogP) is 2.83. The van der Waals surface area contributed by atoms with Crippen LogP contribution >= 0.6 is 0 Å². The van der Waals surface area contributed by atoms with Crippen LogP contribution in [0, 0.1) is 17.0 Å². The van der Waals surface area contributed by atoms with Crippen molar-refractivity contribution in [3.63, 3.8) is 0 Å². The predicted molar refractivity (Wildman–Crippen MR) is 96.7 cm³/mol. The number of carbonyl (C=O) groups excluding carboxylic acids is 1. The van der Waals surface area contributed by atoms with Crippen molar-refractivity contribution in [2.75, 3.05) is 16.2 Å². The molecule has 1 aliphatic heterocycles. The minimum absolute atomic E-state index is 0.000430. The van der Waals surface area contributed by atoms with Gasteiger partial charge in [0.1, 0.15) is 0 Å². The SMILES string of the molecule is Cc1ccc([N+](=O)[O-])cc1S(=O)(=O)Nc1cccc(N2CCCC2=O)c1. The van der Waals surface area contributed by atoms with E-state index in [0.29, 0.717) is 24.2 Å². The number of hydrogen-bond acceptors (Lipinski definition) is 5. The summed E-state index contributed by atoms with van der Waals surface area (Å²) in [6.45, 7) is 2.16. The Kier molecular flexibility index (Phi) is 4.64. The topological polar surface area (TPSA) is 110 Å². The van der Waals surface area contributed by atoms with Gasteiger partial charge in [0.25, 0.3) is 15.7 Å². The molecule has 26 heavy (non-hydrogen) atoms. The summed E-state index contributed by atoms with van der Waals surface area (Å²) in [6.07, 6.45) is 1.24. The molecule has 0 unspecified atom stereocenters. The molecule has 1 aliphatic rings. The fraction of sp³-hybridized carbons (Fsp3) is 0.235. The molecule has 2 aromatic carbocycles. The zero-order chi connectivity index (χ0) is 18.9. The molecule has 0 saturated carbocycles. The zero-order valence-electron chi connectivity index (χ0n) is 14.0. The van der Waals surface area contributed by atoms with Gasteiger partial charge in [0, 0.05) is 30.8 Å². The summed E-state index contributed by atoms with van der Waals surface area (Å²) in [5, 5.41) is 10.9. The second kappa shape index (κ2) is 6.75. The Morgan fingerprint density at radius 1 is 1.19 bits per heavy atom. The number of carbonyl (C=O) groups is 1. The highest BCUT2D eigenvalue weighted by molar-refractivity contribution is 7.92. The number of rotatable bonds is 5. The molecule has 0 atom stereocenters. The van der Waals surface area contributed by atoms with Gasteiger partial charge in [-0.2, -0.15) is 0 Å². The van der Waals surface area contributed by atoms with Gasteiger partial charge in [0.05, 0.1) is 15.5 Å². The highest BCUT2D eigenvalue weighted by Crippen LogP contribution is 2.27. The molecule has 8 nitrogen and oxygen atoms in total. The highest BCUT2D eigenvalue weighted by Gasteiger charge is 2.23. The first kappa shape index (κ1) is 17.9. The van der Waals surface area contributed by atoms with Crippen LogP contribution in [0.15, 0.2) is 47.4 Å². The van der Waals surface area contributed by atoms with Crippen LogP contribution in [-0.2, 0) is 14.8 Å². The van der Waals surface area contributed by atoms with E-state index in [1.54, 1.807) is 36.1 Å². The van der Waals surface area contributed by atoms with Gasteiger partial charge in [0.2, 0.25) is 5.91 Å². The van der Waals surface area contributed by atoms with E-state index >= 15 is 0 Å². The lowest BCUT2D eigenvalue weighted by atomic mass is 10.2. The number of hydrogen-bond donors (Lipinski definition) is 1. The number of anilines is 2. The summed E-state index contributed by atoms with van der Waals surface area (Å²) in [6, 6.07) is 10.2. The van der Waals surface area contributed by atoms with Crippen LogP contribution in [0.1, 0.15) is 18.4 Å². The van der Waals surface area contributed by atoms with Crippen molar-refractivity contribution < 1.29 is 18.1 Å². The Hall–Kier alpha value is -2.94. The molecule has 0 aliphatic carbocycles. The number of nitro groups is 1. The fourth-order valence-corrected chi connectivity index (χ4v) is 4.18. The highest BCUT2D eigenvalue weighted by atomic mass is 32.2. The molecule has 1 amide bonds. The van der Waals surface area contributed by atoms with Gasteiger partial charge >= 0.3 is 0 Å². The van der Waals surface area contributed by atoms with Crippen LogP contribution in [0.4, 0.5) is 17.1 Å². The van der Waals surface area contributed by atoms with Gasteiger partial charge < -0.3 is 4.90 Å². The molecule has 1 heterocycles. The molecule has 1 N–H and O–H groups in total. The van der Waals surface area contributed by atoms with E-state index in [1.165, 1.54) is 12.1 Å². The van der Waals surface area contributed by atoms with Crippen molar-refractivity contribution in [1.29, 1.82) is 0 Å². The maximum atomic E-state index is 12.7.